The van der Waals surface area contributed by atoms with Crippen LogP contribution in [0.25, 0.3) is 195 Å². The van der Waals surface area contributed by atoms with Crippen molar-refractivity contribution in [2.75, 3.05) is 14.7 Å². The monoisotopic (exact) mass is 1880 g/mol. The highest BCUT2D eigenvalue weighted by molar-refractivity contribution is 6.14. The Balaban J connectivity index is 0.575. The van der Waals surface area contributed by atoms with Crippen molar-refractivity contribution in [1.29, 1.82) is 0 Å². The van der Waals surface area contributed by atoms with E-state index in [2.05, 4.69) is 582 Å². The van der Waals surface area contributed by atoms with Gasteiger partial charge >= 0.3 is 0 Å². The molecule has 26 aromatic rings. The first kappa shape index (κ1) is 86.7. The van der Waals surface area contributed by atoms with Crippen LogP contribution in [0.5, 0.6) is 0 Å². The van der Waals surface area contributed by atoms with E-state index in [1.54, 1.807) is 0 Å². The van der Waals surface area contributed by atoms with E-state index in [4.69, 9.17) is 15.0 Å². The van der Waals surface area contributed by atoms with Crippen LogP contribution in [-0.4, -0.2) is 28.7 Å². The molecule has 1 aliphatic carbocycles. The first-order valence-corrected chi connectivity index (χ1v) is 50.3. The molecule has 9 heteroatoms. The quantitative estimate of drug-likeness (QED) is 0.0714. The fraction of sp³-hybridized carbons (Fsp3) is 0.0217. The van der Waals surface area contributed by atoms with Gasteiger partial charge in [-0.15, -0.1) is 0 Å². The minimum absolute atomic E-state index is 0.468. The molecule has 0 radical (unpaired) electrons. The van der Waals surface area contributed by atoms with Gasteiger partial charge in [0.2, 0.25) is 0 Å². The van der Waals surface area contributed by atoms with Crippen molar-refractivity contribution in [2.45, 2.75) is 19.3 Å². The summed E-state index contributed by atoms with van der Waals surface area (Å²) in [7, 11) is 0. The SMILES string of the molecule is CC1(C)c2cc(-c3nc(-c4cccc(-n5c6ccccc6c6cc(N(c7ccc(-c8ccccc8)cc7)c7ccc(-c8ccccc8)cc7)ccc65)c4)nc(-c4cccc(-n5c6ccccc6c6cc(N(c7ccc(-c8ccccc8)cc7)c7ccc(-c8ccccc8)cc7)ccc65)c4)n3)ccc2-c2ccc(-n3c4ccccc4c4cc(N(c5ccc(-c6ccccc6)cc5)c5ccc(-c6ccccc6)cc5)ccc43)cc21. The molecule has 22 aromatic carbocycles. The van der Waals surface area contributed by atoms with Crippen molar-refractivity contribution in [3.05, 3.63) is 551 Å². The Kier molecular flexibility index (Phi) is 21.4. The summed E-state index contributed by atoms with van der Waals surface area (Å²) in [6.07, 6.45) is 0. The van der Waals surface area contributed by atoms with Gasteiger partial charge in [0.15, 0.2) is 17.5 Å². The summed E-state index contributed by atoms with van der Waals surface area (Å²) in [5.41, 5.74) is 40.0. The van der Waals surface area contributed by atoms with Gasteiger partial charge in [0.1, 0.15) is 0 Å². The van der Waals surface area contributed by atoms with Gasteiger partial charge in [-0.1, -0.05) is 366 Å². The molecule has 4 aromatic heterocycles. The Bertz CT molecular complexity index is 8900. The lowest BCUT2D eigenvalue weighted by atomic mass is 9.82. The van der Waals surface area contributed by atoms with E-state index in [1.807, 2.05) is 0 Å². The van der Waals surface area contributed by atoms with E-state index in [0.717, 1.165) is 167 Å². The van der Waals surface area contributed by atoms with E-state index in [-0.39, 0.29) is 0 Å². The molecule has 0 N–H and O–H groups in total. The van der Waals surface area contributed by atoms with Crippen molar-refractivity contribution in [2.24, 2.45) is 0 Å². The first-order valence-electron chi connectivity index (χ1n) is 50.3. The number of anilines is 9. The molecular weight excluding hydrogens is 1780 g/mol. The molecule has 0 aliphatic heterocycles. The number of para-hydroxylation sites is 3. The van der Waals surface area contributed by atoms with Crippen LogP contribution < -0.4 is 14.7 Å². The van der Waals surface area contributed by atoms with Gasteiger partial charge in [-0.05, 0) is 277 Å². The van der Waals surface area contributed by atoms with Crippen molar-refractivity contribution >= 4 is 117 Å². The van der Waals surface area contributed by atoms with Gasteiger partial charge in [0.25, 0.3) is 0 Å². The van der Waals surface area contributed by atoms with E-state index in [9.17, 15) is 0 Å². The van der Waals surface area contributed by atoms with Crippen LogP contribution >= 0.6 is 0 Å². The van der Waals surface area contributed by atoms with Gasteiger partial charge in [-0.3, -0.25) is 0 Å². The Morgan fingerprint density at radius 3 is 0.653 bits per heavy atom. The number of fused-ring (bicyclic) bond motifs is 12. The van der Waals surface area contributed by atoms with Crippen molar-refractivity contribution in [3.8, 4) is 129 Å². The molecule has 692 valence electrons. The lowest BCUT2D eigenvalue weighted by molar-refractivity contribution is 0.660. The van der Waals surface area contributed by atoms with Crippen LogP contribution in [0.15, 0.2) is 540 Å². The third-order valence-electron chi connectivity index (χ3n) is 29.7. The number of aromatic nitrogens is 6. The molecule has 0 atom stereocenters. The predicted octanol–water partition coefficient (Wildman–Crippen LogP) is 36.9. The minimum atomic E-state index is -0.468. The van der Waals surface area contributed by atoms with Crippen molar-refractivity contribution in [1.82, 2.24) is 28.7 Å². The summed E-state index contributed by atoms with van der Waals surface area (Å²) in [5, 5.41) is 6.85. The summed E-state index contributed by atoms with van der Waals surface area (Å²) in [6.45, 7) is 4.75. The zero-order valence-electron chi connectivity index (χ0n) is 80.9. The number of hydrogen-bond donors (Lipinski definition) is 0. The molecule has 0 amide bonds. The van der Waals surface area contributed by atoms with E-state index in [1.165, 1.54) is 72.1 Å². The van der Waals surface area contributed by atoms with Crippen LogP contribution in [0.1, 0.15) is 25.0 Å². The van der Waals surface area contributed by atoms with Gasteiger partial charge < -0.3 is 28.4 Å². The molecular formula is C138H95N9. The fourth-order valence-electron chi connectivity index (χ4n) is 22.4. The molecule has 4 heterocycles. The Hall–Kier alpha value is -19.4. The normalized spacial score (nSPS) is 12.1. The second-order valence-electron chi connectivity index (χ2n) is 38.7. The van der Waals surface area contributed by atoms with E-state index in [0.29, 0.717) is 17.5 Å². The van der Waals surface area contributed by atoms with Crippen LogP contribution in [-0.2, 0) is 5.41 Å². The molecule has 0 saturated carbocycles. The number of hydrogen-bond acceptors (Lipinski definition) is 6. The maximum absolute atomic E-state index is 5.69. The summed E-state index contributed by atoms with van der Waals surface area (Å²) in [5.74, 6) is 1.66. The van der Waals surface area contributed by atoms with Crippen LogP contribution in [0.2, 0.25) is 0 Å². The highest BCUT2D eigenvalue weighted by atomic mass is 15.2. The van der Waals surface area contributed by atoms with Crippen LogP contribution in [0.3, 0.4) is 0 Å². The maximum atomic E-state index is 5.69. The van der Waals surface area contributed by atoms with Crippen molar-refractivity contribution in [3.63, 3.8) is 0 Å². The van der Waals surface area contributed by atoms with E-state index < -0.39 is 5.41 Å². The molecule has 9 nitrogen and oxygen atoms in total. The Morgan fingerprint density at radius 1 is 0.156 bits per heavy atom. The highest BCUT2D eigenvalue weighted by Crippen LogP contribution is 2.53. The van der Waals surface area contributed by atoms with E-state index >= 15 is 0 Å². The summed E-state index contributed by atoms with van der Waals surface area (Å²) < 4.78 is 7.26. The highest BCUT2D eigenvalue weighted by Gasteiger charge is 2.37. The average Bonchev–Trinajstić information content (AvgIpc) is 1.55. The van der Waals surface area contributed by atoms with Crippen LogP contribution in [0, 0.1) is 0 Å². The molecule has 0 unspecified atom stereocenters. The fourth-order valence-corrected chi connectivity index (χ4v) is 22.4. The predicted molar refractivity (Wildman–Crippen MR) is 613 cm³/mol. The number of benzene rings is 22. The standard InChI is InChI=1S/C138H95N9/c1-138(2)127-87-106(63-80-119(127)120-81-76-118(91-128(120)138)147-131-50-26-23-47-123(131)126-90-117(79-84-134(126)147)144(111-72-59-102(60-73-111)96-37-17-7-18-38-96)112-74-61-103(62-75-112)97-39-19-8-20-40-97)137-140-135(104-41-27-43-113(85-104)145-129-48-24-21-45-121(129)124-88-115(77-82-132(124)145)142(107-64-51-98(52-65-107)92-29-9-3-10-30-92)108-66-53-99(54-67-108)93-31-11-4-12-32-93)139-136(141-137)105-42-28-44-114(86-105)146-130-49-25-22-46-122(130)125-89-116(78-83-133(125)146)143(109-68-55-100(56-69-109)94-33-13-5-14-34-94)110-70-57-101(58-71-110)95-35-15-6-16-36-95/h3-91H,1-2H3. The summed E-state index contributed by atoms with van der Waals surface area (Å²) >= 11 is 0. The second-order valence-corrected chi connectivity index (χ2v) is 38.7. The maximum Gasteiger partial charge on any atom is 0.164 e. The second kappa shape index (κ2) is 36.3. The van der Waals surface area contributed by atoms with Gasteiger partial charge in [0, 0.05) is 123 Å². The van der Waals surface area contributed by atoms with Gasteiger partial charge in [-0.2, -0.15) is 0 Å². The van der Waals surface area contributed by atoms with Crippen molar-refractivity contribution < 1.29 is 0 Å². The zero-order chi connectivity index (χ0) is 97.6. The number of rotatable bonds is 21. The van der Waals surface area contributed by atoms with Gasteiger partial charge in [0.05, 0.1) is 33.1 Å². The third-order valence-corrected chi connectivity index (χ3v) is 29.7. The topological polar surface area (TPSA) is 63.2 Å². The molecule has 27 rings (SSSR count). The molecule has 1 aliphatic rings. The Labute approximate surface area is 853 Å². The smallest absolute Gasteiger partial charge is 0.164 e. The molecule has 0 saturated heterocycles. The largest absolute Gasteiger partial charge is 0.310 e. The summed E-state index contributed by atoms with van der Waals surface area (Å²) in [4.78, 5) is 24.2. The average molecular weight is 1880 g/mol. The summed E-state index contributed by atoms with van der Waals surface area (Å²) in [6, 6.07) is 196. The Morgan fingerprint density at radius 2 is 0.367 bits per heavy atom. The zero-order valence-corrected chi connectivity index (χ0v) is 80.9. The van der Waals surface area contributed by atoms with Crippen LogP contribution in [0.4, 0.5) is 51.2 Å². The third kappa shape index (κ3) is 15.6. The molecule has 0 spiro atoms. The lowest BCUT2D eigenvalue weighted by Gasteiger charge is -2.26. The molecule has 0 fully saturated rings. The molecule has 0 bridgehead atoms. The first-order chi connectivity index (χ1) is 72.6. The lowest BCUT2D eigenvalue weighted by Crippen LogP contribution is -2.15. The number of nitrogens with zero attached hydrogens (tertiary/aromatic N) is 9. The van der Waals surface area contributed by atoms with Gasteiger partial charge in [-0.25, -0.2) is 15.0 Å². The molecule has 147 heavy (non-hydrogen) atoms. The minimum Gasteiger partial charge on any atom is -0.310 e.